The number of amides is 1. The SMILES string of the molecule is CNC(=O)c1ccc(-c2ccccc2C#N)c(C)c1N1CCNCC1. The fourth-order valence-corrected chi connectivity index (χ4v) is 3.42. The van der Waals surface area contributed by atoms with Gasteiger partial charge in [-0.2, -0.15) is 5.26 Å². The Kier molecular flexibility index (Phi) is 5.01. The molecule has 128 valence electrons. The topological polar surface area (TPSA) is 68.2 Å². The Morgan fingerprint density at radius 3 is 2.56 bits per heavy atom. The molecular weight excluding hydrogens is 312 g/mol. The second-order valence-corrected chi connectivity index (χ2v) is 6.11. The Morgan fingerprint density at radius 1 is 1.16 bits per heavy atom. The number of carbonyl (C=O) groups excluding carboxylic acids is 1. The van der Waals surface area contributed by atoms with Crippen LogP contribution in [0.1, 0.15) is 21.5 Å². The Bertz CT molecular complexity index is 832. The van der Waals surface area contributed by atoms with E-state index in [1.54, 1.807) is 7.05 Å². The number of carbonyl (C=O) groups is 1. The van der Waals surface area contributed by atoms with Crippen LogP contribution in [-0.4, -0.2) is 39.1 Å². The zero-order valence-electron chi connectivity index (χ0n) is 14.6. The summed E-state index contributed by atoms with van der Waals surface area (Å²) in [4.78, 5) is 14.7. The standard InChI is InChI=1S/C20H22N4O/c1-14-16(17-6-4-3-5-15(17)13-21)7-8-18(20(25)22-2)19(14)24-11-9-23-10-12-24/h3-8,23H,9-12H2,1-2H3,(H,22,25). The molecule has 0 spiro atoms. The van der Waals surface area contributed by atoms with Crippen molar-refractivity contribution in [1.29, 1.82) is 5.26 Å². The molecule has 0 unspecified atom stereocenters. The molecule has 0 radical (unpaired) electrons. The summed E-state index contributed by atoms with van der Waals surface area (Å²) in [5, 5.41) is 15.5. The monoisotopic (exact) mass is 334 g/mol. The maximum absolute atomic E-state index is 12.4. The highest BCUT2D eigenvalue weighted by Gasteiger charge is 2.22. The molecule has 0 bridgehead atoms. The average molecular weight is 334 g/mol. The Labute approximate surface area is 148 Å². The second-order valence-electron chi connectivity index (χ2n) is 6.11. The molecule has 5 heteroatoms. The highest BCUT2D eigenvalue weighted by atomic mass is 16.1. The zero-order valence-corrected chi connectivity index (χ0v) is 14.6. The first-order valence-corrected chi connectivity index (χ1v) is 8.48. The van der Waals surface area contributed by atoms with Crippen LogP contribution in [0.2, 0.25) is 0 Å². The van der Waals surface area contributed by atoms with Gasteiger partial charge in [0.25, 0.3) is 5.91 Å². The van der Waals surface area contributed by atoms with Crippen molar-refractivity contribution in [2.75, 3.05) is 38.1 Å². The molecule has 1 amide bonds. The predicted octanol–water partition coefficient (Wildman–Crippen LogP) is 2.30. The first-order chi connectivity index (χ1) is 12.2. The van der Waals surface area contributed by atoms with Crippen molar-refractivity contribution < 1.29 is 4.79 Å². The molecular formula is C20H22N4O. The lowest BCUT2D eigenvalue weighted by Crippen LogP contribution is -2.44. The summed E-state index contributed by atoms with van der Waals surface area (Å²) in [5.74, 6) is -0.0863. The average Bonchev–Trinajstić information content (AvgIpc) is 2.67. The third-order valence-electron chi connectivity index (χ3n) is 4.67. The van der Waals surface area contributed by atoms with Crippen LogP contribution < -0.4 is 15.5 Å². The summed E-state index contributed by atoms with van der Waals surface area (Å²) in [6.45, 7) is 5.53. The van der Waals surface area contributed by atoms with Gasteiger partial charge in [0.05, 0.1) is 22.9 Å². The second kappa shape index (κ2) is 7.37. The maximum Gasteiger partial charge on any atom is 0.253 e. The van der Waals surface area contributed by atoms with Gasteiger partial charge in [-0.25, -0.2) is 0 Å². The molecule has 2 aromatic carbocycles. The van der Waals surface area contributed by atoms with Crippen molar-refractivity contribution in [3.63, 3.8) is 0 Å². The number of nitrogens with one attached hydrogen (secondary N) is 2. The highest BCUT2D eigenvalue weighted by molar-refractivity contribution is 6.02. The lowest BCUT2D eigenvalue weighted by atomic mass is 9.92. The quantitative estimate of drug-likeness (QED) is 0.904. The highest BCUT2D eigenvalue weighted by Crippen LogP contribution is 2.35. The molecule has 2 N–H and O–H groups in total. The van der Waals surface area contributed by atoms with Crippen LogP contribution in [0.4, 0.5) is 5.69 Å². The van der Waals surface area contributed by atoms with Crippen molar-refractivity contribution in [3.8, 4) is 17.2 Å². The van der Waals surface area contributed by atoms with Crippen molar-refractivity contribution in [2.45, 2.75) is 6.92 Å². The van der Waals surface area contributed by atoms with E-state index in [-0.39, 0.29) is 5.91 Å². The largest absolute Gasteiger partial charge is 0.368 e. The number of piperazine rings is 1. The molecule has 25 heavy (non-hydrogen) atoms. The Balaban J connectivity index is 2.19. The van der Waals surface area contributed by atoms with Crippen molar-refractivity contribution in [1.82, 2.24) is 10.6 Å². The fraction of sp³-hybridized carbons (Fsp3) is 0.300. The molecule has 5 nitrogen and oxygen atoms in total. The maximum atomic E-state index is 12.4. The van der Waals surface area contributed by atoms with E-state index < -0.39 is 0 Å². The normalized spacial score (nSPS) is 14.0. The minimum absolute atomic E-state index is 0.0863. The molecule has 1 fully saturated rings. The van der Waals surface area contributed by atoms with E-state index in [0.717, 1.165) is 48.6 Å². The molecule has 0 atom stereocenters. The fourth-order valence-electron chi connectivity index (χ4n) is 3.42. The number of benzene rings is 2. The molecule has 1 aliphatic rings. The Morgan fingerprint density at radius 2 is 1.88 bits per heavy atom. The van der Waals surface area contributed by atoms with Gasteiger partial charge in [0, 0.05) is 33.2 Å². The minimum atomic E-state index is -0.0863. The third-order valence-corrected chi connectivity index (χ3v) is 4.67. The number of anilines is 1. The van der Waals surface area contributed by atoms with E-state index in [1.165, 1.54) is 0 Å². The van der Waals surface area contributed by atoms with Gasteiger partial charge < -0.3 is 15.5 Å². The van der Waals surface area contributed by atoms with Crippen molar-refractivity contribution in [3.05, 3.63) is 53.1 Å². The molecule has 2 aromatic rings. The first kappa shape index (κ1) is 17.0. The van der Waals surface area contributed by atoms with Gasteiger partial charge in [0.2, 0.25) is 0 Å². The zero-order chi connectivity index (χ0) is 17.8. The number of hydrogen-bond donors (Lipinski definition) is 2. The van der Waals surface area contributed by atoms with E-state index >= 15 is 0 Å². The lowest BCUT2D eigenvalue weighted by molar-refractivity contribution is 0.0963. The lowest BCUT2D eigenvalue weighted by Gasteiger charge is -2.33. The molecule has 3 rings (SSSR count). The van der Waals surface area contributed by atoms with Crippen molar-refractivity contribution >= 4 is 11.6 Å². The Hall–Kier alpha value is -2.84. The van der Waals surface area contributed by atoms with Crippen LogP contribution in [0.15, 0.2) is 36.4 Å². The van der Waals surface area contributed by atoms with E-state index in [2.05, 4.69) is 21.6 Å². The molecule has 1 saturated heterocycles. The van der Waals surface area contributed by atoms with Gasteiger partial charge in [-0.05, 0) is 35.7 Å². The van der Waals surface area contributed by atoms with Crippen molar-refractivity contribution in [2.24, 2.45) is 0 Å². The summed E-state index contributed by atoms with van der Waals surface area (Å²) in [5.41, 5.74) is 5.22. The molecule has 0 aromatic heterocycles. The summed E-state index contributed by atoms with van der Waals surface area (Å²) in [6, 6.07) is 13.7. The van der Waals surface area contributed by atoms with Gasteiger partial charge in [-0.15, -0.1) is 0 Å². The van der Waals surface area contributed by atoms with Crippen LogP contribution in [0.25, 0.3) is 11.1 Å². The smallest absolute Gasteiger partial charge is 0.253 e. The molecule has 0 saturated carbocycles. The number of nitrogens with zero attached hydrogens (tertiary/aromatic N) is 2. The molecule has 0 aliphatic carbocycles. The summed E-state index contributed by atoms with van der Waals surface area (Å²) >= 11 is 0. The van der Waals surface area contributed by atoms with Gasteiger partial charge in [-0.3, -0.25) is 4.79 Å². The third kappa shape index (κ3) is 3.21. The molecule has 1 aliphatic heterocycles. The number of nitriles is 1. The van der Waals surface area contributed by atoms with Crippen LogP contribution >= 0.6 is 0 Å². The minimum Gasteiger partial charge on any atom is -0.368 e. The van der Waals surface area contributed by atoms with Gasteiger partial charge in [0.1, 0.15) is 0 Å². The number of hydrogen-bond acceptors (Lipinski definition) is 4. The van der Waals surface area contributed by atoms with E-state index in [1.807, 2.05) is 43.3 Å². The van der Waals surface area contributed by atoms with Gasteiger partial charge in [0.15, 0.2) is 0 Å². The van der Waals surface area contributed by atoms with E-state index in [4.69, 9.17) is 0 Å². The van der Waals surface area contributed by atoms with Gasteiger partial charge in [-0.1, -0.05) is 24.3 Å². The van der Waals surface area contributed by atoms with Crippen LogP contribution in [0, 0.1) is 18.3 Å². The van der Waals surface area contributed by atoms with Gasteiger partial charge >= 0.3 is 0 Å². The van der Waals surface area contributed by atoms with Crippen LogP contribution in [0.3, 0.4) is 0 Å². The number of rotatable bonds is 3. The van der Waals surface area contributed by atoms with Crippen LogP contribution in [-0.2, 0) is 0 Å². The molecule has 1 heterocycles. The van der Waals surface area contributed by atoms with Crippen LogP contribution in [0.5, 0.6) is 0 Å². The van der Waals surface area contributed by atoms with E-state index in [9.17, 15) is 10.1 Å². The summed E-state index contributed by atoms with van der Waals surface area (Å²) < 4.78 is 0. The predicted molar refractivity (Wildman–Crippen MR) is 99.8 cm³/mol. The summed E-state index contributed by atoms with van der Waals surface area (Å²) in [6.07, 6.45) is 0. The first-order valence-electron chi connectivity index (χ1n) is 8.48. The van der Waals surface area contributed by atoms with E-state index in [0.29, 0.717) is 11.1 Å². The summed E-state index contributed by atoms with van der Waals surface area (Å²) in [7, 11) is 1.65.